The van der Waals surface area contributed by atoms with E-state index < -0.39 is 52.9 Å². The fraction of sp³-hybridized carbons (Fsp3) is 0.0714. The molecule has 122 valence electrons. The number of phenols is 1. The van der Waals surface area contributed by atoms with Gasteiger partial charge in [0.15, 0.2) is 28.8 Å². The second-order valence-corrected chi connectivity index (χ2v) is 4.46. The first kappa shape index (κ1) is 16.5. The summed E-state index contributed by atoms with van der Waals surface area (Å²) in [5, 5.41) is 18.6. The van der Waals surface area contributed by atoms with Crippen molar-refractivity contribution in [3.63, 3.8) is 0 Å². The van der Waals surface area contributed by atoms with E-state index in [0.717, 1.165) is 12.1 Å². The summed E-state index contributed by atoms with van der Waals surface area (Å²) in [7, 11) is 0. The molecule has 0 heterocycles. The molecule has 2 rings (SSSR count). The molecule has 0 atom stereocenters. The molecule has 23 heavy (non-hydrogen) atoms. The second kappa shape index (κ2) is 6.11. The van der Waals surface area contributed by atoms with Gasteiger partial charge in [-0.3, -0.25) is 0 Å². The maximum atomic E-state index is 13.5. The zero-order valence-corrected chi connectivity index (χ0v) is 11.2. The van der Waals surface area contributed by atoms with E-state index in [-0.39, 0.29) is 11.3 Å². The van der Waals surface area contributed by atoms with Gasteiger partial charge in [-0.1, -0.05) is 0 Å². The van der Waals surface area contributed by atoms with Crippen molar-refractivity contribution >= 4 is 11.7 Å². The summed E-state index contributed by atoms with van der Waals surface area (Å²) in [6.45, 7) is -0.762. The molecule has 4 nitrogen and oxygen atoms in total. The summed E-state index contributed by atoms with van der Waals surface area (Å²) in [5.74, 6) is -12.0. The van der Waals surface area contributed by atoms with Gasteiger partial charge >= 0.3 is 5.97 Å². The van der Waals surface area contributed by atoms with Crippen LogP contribution in [0.25, 0.3) is 0 Å². The van der Waals surface area contributed by atoms with Gasteiger partial charge < -0.3 is 15.5 Å². The van der Waals surface area contributed by atoms with E-state index >= 15 is 0 Å². The molecule has 0 fully saturated rings. The summed E-state index contributed by atoms with van der Waals surface area (Å²) in [6.07, 6.45) is 0. The Hall–Kier alpha value is -2.84. The van der Waals surface area contributed by atoms with Crippen LogP contribution in [0.1, 0.15) is 15.9 Å². The van der Waals surface area contributed by atoms with Gasteiger partial charge in [0, 0.05) is 22.6 Å². The molecule has 4 N–H and O–H groups in total. The normalized spacial score (nSPS) is 10.7. The van der Waals surface area contributed by atoms with E-state index in [4.69, 9.17) is 5.11 Å². The smallest absolute Gasteiger partial charge is 0.553 e. The van der Waals surface area contributed by atoms with Gasteiger partial charge in [0.1, 0.15) is 5.75 Å². The quantitative estimate of drug-likeness (QED) is 0.297. The Morgan fingerprint density at radius 3 is 2.04 bits per heavy atom. The first-order valence-corrected chi connectivity index (χ1v) is 6.07. The van der Waals surface area contributed by atoms with Crippen molar-refractivity contribution in [3.05, 3.63) is 58.4 Å². The molecule has 0 saturated heterocycles. The molecule has 2 aromatic carbocycles. The van der Waals surface area contributed by atoms with Gasteiger partial charge in [0.05, 0.1) is 0 Å². The molecule has 0 unspecified atom stereocenters. The summed E-state index contributed by atoms with van der Waals surface area (Å²) in [6, 6.07) is 3.26. The Kier molecular flexibility index (Phi) is 4.39. The monoisotopic (exact) mass is 334 g/mol. The van der Waals surface area contributed by atoms with Gasteiger partial charge in [-0.25, -0.2) is 22.0 Å². The number of carbonyl (C=O) groups is 1. The van der Waals surface area contributed by atoms with E-state index in [1.807, 2.05) is 0 Å². The third-order valence-corrected chi connectivity index (χ3v) is 3.01. The molecule has 0 saturated carbocycles. The van der Waals surface area contributed by atoms with Crippen LogP contribution in [0.15, 0.2) is 18.2 Å². The van der Waals surface area contributed by atoms with Crippen molar-refractivity contribution in [1.29, 1.82) is 0 Å². The third-order valence-electron chi connectivity index (χ3n) is 3.01. The number of aromatic hydroxyl groups is 1. The van der Waals surface area contributed by atoms with Crippen molar-refractivity contribution in [3.8, 4) is 5.75 Å². The zero-order chi connectivity index (χ0) is 17.3. The summed E-state index contributed by atoms with van der Waals surface area (Å²) >= 11 is 0. The largest absolute Gasteiger partial charge is 0.561 e. The van der Waals surface area contributed by atoms with Gasteiger partial charge in [0.2, 0.25) is 5.82 Å². The Morgan fingerprint density at radius 2 is 1.52 bits per heavy atom. The van der Waals surface area contributed by atoms with Crippen LogP contribution in [-0.4, -0.2) is 16.2 Å². The molecule has 9 heteroatoms. The molecule has 0 aliphatic carbocycles. The topological polar surface area (TPSA) is 72.2 Å². The number of benzene rings is 2. The number of hydrogen-bond acceptors (Lipinski definition) is 3. The third kappa shape index (κ3) is 3.03. The first-order valence-electron chi connectivity index (χ1n) is 6.07. The molecule has 0 amide bonds. The number of nitrogens with one attached hydrogen (secondary N) is 1. The standard InChI is InChI=1S/C14H8F5NO3/c15-9-7(10(16)12(18)13(19)11(9)17)4-20-5-1-2-8(21)6(3-5)14(22)23/h1-3,20-21H,4H2,(H,22,23)/p+1. The van der Waals surface area contributed by atoms with Crippen LogP contribution < -0.4 is 5.32 Å². The highest BCUT2D eigenvalue weighted by Crippen LogP contribution is 2.25. The van der Waals surface area contributed by atoms with Gasteiger partial charge in [-0.15, -0.1) is 0 Å². The van der Waals surface area contributed by atoms with Crippen LogP contribution >= 0.6 is 0 Å². The van der Waals surface area contributed by atoms with Crippen LogP contribution in [0, 0.1) is 29.1 Å². The minimum Gasteiger partial charge on any atom is -0.561 e. The van der Waals surface area contributed by atoms with Crippen molar-refractivity contribution in [2.45, 2.75) is 6.54 Å². The lowest BCUT2D eigenvalue weighted by Crippen LogP contribution is -2.11. The minimum absolute atomic E-state index is 0.0438. The van der Waals surface area contributed by atoms with Crippen molar-refractivity contribution in [2.75, 3.05) is 5.32 Å². The highest BCUT2D eigenvalue weighted by molar-refractivity contribution is 5.91. The zero-order valence-electron chi connectivity index (χ0n) is 11.2. The Bertz CT molecular complexity index is 765. The molecule has 2 aromatic rings. The maximum absolute atomic E-state index is 13.5. The Morgan fingerprint density at radius 1 is 1.00 bits per heavy atom. The van der Waals surface area contributed by atoms with Gasteiger partial charge in [-0.2, -0.15) is 0 Å². The lowest BCUT2D eigenvalue weighted by Gasteiger charge is -2.11. The number of rotatable bonds is 4. The van der Waals surface area contributed by atoms with E-state index in [1.165, 1.54) is 6.07 Å². The number of hydrogen-bond donors (Lipinski definition) is 2. The van der Waals surface area contributed by atoms with E-state index in [1.54, 1.807) is 0 Å². The van der Waals surface area contributed by atoms with Crippen molar-refractivity contribution in [2.24, 2.45) is 0 Å². The Labute approximate surface area is 125 Å². The number of phenolic OH excluding ortho intramolecular Hbond substituents is 1. The average Bonchev–Trinajstić information content (AvgIpc) is 2.52. The van der Waals surface area contributed by atoms with E-state index in [2.05, 4.69) is 5.32 Å². The summed E-state index contributed by atoms with van der Waals surface area (Å²) in [5.41, 5.74) is -1.41. The number of carbonyl (C=O) groups excluding carboxylic acids is 1. The van der Waals surface area contributed by atoms with E-state index in [0.29, 0.717) is 0 Å². The number of anilines is 1. The fourth-order valence-electron chi connectivity index (χ4n) is 1.82. The van der Waals surface area contributed by atoms with Crippen LogP contribution in [0.5, 0.6) is 5.75 Å². The molecule has 0 aliphatic heterocycles. The molecule has 0 spiro atoms. The first-order chi connectivity index (χ1) is 10.7. The summed E-state index contributed by atoms with van der Waals surface area (Å²) in [4.78, 5) is 10.9. The van der Waals surface area contributed by atoms with Gasteiger partial charge in [-0.05, 0) is 18.2 Å². The Balaban J connectivity index is 2.32. The predicted molar refractivity (Wildman–Crippen MR) is 69.6 cm³/mol. The lowest BCUT2D eigenvalue weighted by molar-refractivity contribution is 0.0694. The highest BCUT2D eigenvalue weighted by atomic mass is 19.2. The fourth-order valence-corrected chi connectivity index (χ4v) is 1.82. The van der Waals surface area contributed by atoms with Crippen molar-refractivity contribution in [1.82, 2.24) is 0 Å². The van der Waals surface area contributed by atoms with Crippen LogP contribution in [0.2, 0.25) is 0 Å². The maximum Gasteiger partial charge on any atom is 0.553 e. The molecule has 0 aromatic heterocycles. The van der Waals surface area contributed by atoms with Crippen LogP contribution in [0.4, 0.5) is 27.6 Å². The molecule has 0 radical (unpaired) electrons. The molecular formula is C14H9F5NO3+. The van der Waals surface area contributed by atoms with Gasteiger partial charge in [0.25, 0.3) is 0 Å². The van der Waals surface area contributed by atoms with Crippen LogP contribution in [-0.2, 0) is 6.54 Å². The molecule has 0 aliphatic rings. The summed E-state index contributed by atoms with van der Waals surface area (Å²) < 4.78 is 66.0. The SMILES string of the molecule is O=C([OH2+])c1cc(NCc2c(F)c(F)c(F)c(F)c2F)ccc1O. The minimum atomic E-state index is -2.25. The molecular weight excluding hydrogens is 325 g/mol. The van der Waals surface area contributed by atoms with Crippen LogP contribution in [0.3, 0.4) is 0 Å². The van der Waals surface area contributed by atoms with Crippen molar-refractivity contribution < 1.29 is 37.0 Å². The second-order valence-electron chi connectivity index (χ2n) is 4.46. The molecule has 0 bridgehead atoms. The average molecular weight is 334 g/mol. The lowest BCUT2D eigenvalue weighted by atomic mass is 10.1. The highest BCUT2D eigenvalue weighted by Gasteiger charge is 2.25. The predicted octanol–water partition coefficient (Wildman–Crippen LogP) is 2.56. The number of halogens is 5. The van der Waals surface area contributed by atoms with E-state index in [9.17, 15) is 31.9 Å².